The Morgan fingerprint density at radius 2 is 1.97 bits per heavy atom. The number of nitrogens with one attached hydrogen (secondary N) is 1. The Hall–Kier alpha value is -3.32. The Bertz CT molecular complexity index is 1510. The number of hydrogen-bond acceptors (Lipinski definition) is 6. The number of nitrogens with zero attached hydrogens (tertiary/aromatic N) is 5. The maximum Gasteiger partial charge on any atom is 0.265 e. The molecule has 0 saturated heterocycles. The summed E-state index contributed by atoms with van der Waals surface area (Å²) in [4.78, 5) is 30.6. The Morgan fingerprint density at radius 3 is 2.73 bits per heavy atom. The molecule has 0 fully saturated rings. The number of rotatable bonds is 4. The first-order valence-corrected chi connectivity index (χ1v) is 11.6. The van der Waals surface area contributed by atoms with E-state index >= 15 is 0 Å². The van der Waals surface area contributed by atoms with E-state index < -0.39 is 0 Å². The van der Waals surface area contributed by atoms with Crippen molar-refractivity contribution >= 4 is 57.6 Å². The molecule has 0 saturated carbocycles. The fourth-order valence-corrected chi connectivity index (χ4v) is 5.11. The van der Waals surface area contributed by atoms with Gasteiger partial charge in [0.1, 0.15) is 11.5 Å². The van der Waals surface area contributed by atoms with Gasteiger partial charge in [0.05, 0.1) is 29.2 Å². The number of amides is 1. The minimum Gasteiger partial charge on any atom is -0.325 e. The third-order valence-corrected chi connectivity index (χ3v) is 6.82. The summed E-state index contributed by atoms with van der Waals surface area (Å²) in [5, 5.41) is 18.2. The van der Waals surface area contributed by atoms with Crippen LogP contribution < -0.4 is 10.9 Å². The number of aromatic nitrogens is 4. The molecular weight excluding hydrogens is 483 g/mol. The largest absolute Gasteiger partial charge is 0.325 e. The average molecular weight is 497 g/mol. The number of fused-ring (bicyclic) bond motifs is 2. The van der Waals surface area contributed by atoms with Crippen molar-refractivity contribution in [2.45, 2.75) is 17.6 Å². The van der Waals surface area contributed by atoms with E-state index in [2.05, 4.69) is 15.4 Å². The third-order valence-electron chi connectivity index (χ3n) is 5.24. The molecule has 5 rings (SSSR count). The summed E-state index contributed by atoms with van der Waals surface area (Å²) >= 11 is 13.4. The zero-order chi connectivity index (χ0) is 23.1. The Morgan fingerprint density at radius 1 is 1.21 bits per heavy atom. The van der Waals surface area contributed by atoms with Crippen LogP contribution in [0.2, 0.25) is 10.0 Å². The van der Waals surface area contributed by atoms with E-state index in [1.165, 1.54) is 24.0 Å². The van der Waals surface area contributed by atoms with Crippen molar-refractivity contribution in [2.75, 3.05) is 11.1 Å². The van der Waals surface area contributed by atoms with Gasteiger partial charge in [0, 0.05) is 22.2 Å². The van der Waals surface area contributed by atoms with Gasteiger partial charge in [-0.15, -0.1) is 0 Å². The topological polar surface area (TPSA) is 106 Å². The first-order valence-electron chi connectivity index (χ1n) is 9.83. The third kappa shape index (κ3) is 3.97. The zero-order valence-electron chi connectivity index (χ0n) is 16.8. The van der Waals surface area contributed by atoms with E-state index in [-0.39, 0.29) is 23.9 Å². The number of halogens is 2. The quantitative estimate of drug-likeness (QED) is 0.418. The summed E-state index contributed by atoms with van der Waals surface area (Å²) in [6.45, 7) is 0. The minimum atomic E-state index is -0.377. The molecule has 1 aliphatic rings. The number of carbonyl (C=O) groups excluding carboxylic acids is 1. The highest BCUT2D eigenvalue weighted by Gasteiger charge is 2.29. The van der Waals surface area contributed by atoms with Gasteiger partial charge in [0.15, 0.2) is 10.8 Å². The molecule has 33 heavy (non-hydrogen) atoms. The van der Waals surface area contributed by atoms with Crippen molar-refractivity contribution in [1.82, 2.24) is 19.3 Å². The van der Waals surface area contributed by atoms with E-state index in [0.717, 1.165) is 5.69 Å². The average Bonchev–Trinajstić information content (AvgIpc) is 3.39. The predicted molar refractivity (Wildman–Crippen MR) is 127 cm³/mol. The molecule has 1 N–H and O–H groups in total. The first kappa shape index (κ1) is 21.5. The highest BCUT2D eigenvalue weighted by molar-refractivity contribution is 7.99. The second kappa shape index (κ2) is 8.56. The maximum absolute atomic E-state index is 13.3. The molecule has 2 aromatic carbocycles. The number of nitriles is 1. The lowest BCUT2D eigenvalue weighted by Crippen LogP contribution is -2.27. The number of anilines is 1. The smallest absolute Gasteiger partial charge is 0.265 e. The molecule has 8 nitrogen and oxygen atoms in total. The van der Waals surface area contributed by atoms with Crippen LogP contribution in [-0.2, 0) is 4.79 Å². The van der Waals surface area contributed by atoms with Crippen LogP contribution in [0.1, 0.15) is 18.0 Å². The van der Waals surface area contributed by atoms with Crippen LogP contribution in [0, 0.1) is 11.3 Å². The fraction of sp³-hybridized carbons (Fsp3) is 0.136. The second-order valence-corrected chi connectivity index (χ2v) is 9.22. The van der Waals surface area contributed by atoms with Gasteiger partial charge >= 0.3 is 0 Å². The molecular formula is C22H14Cl2N6O2S. The predicted octanol–water partition coefficient (Wildman–Crippen LogP) is 4.44. The van der Waals surface area contributed by atoms with Crippen LogP contribution in [0.3, 0.4) is 0 Å². The van der Waals surface area contributed by atoms with Crippen LogP contribution in [0.25, 0.3) is 16.7 Å². The van der Waals surface area contributed by atoms with E-state index in [9.17, 15) is 14.9 Å². The van der Waals surface area contributed by atoms with Gasteiger partial charge in [-0.25, -0.2) is 9.67 Å². The summed E-state index contributed by atoms with van der Waals surface area (Å²) in [6.07, 6.45) is 1.54. The molecule has 0 spiro atoms. The molecule has 0 radical (unpaired) electrons. The van der Waals surface area contributed by atoms with Gasteiger partial charge in [-0.3, -0.25) is 14.2 Å². The van der Waals surface area contributed by atoms with Gasteiger partial charge in [0.2, 0.25) is 5.91 Å². The molecule has 1 atom stereocenters. The Kier molecular flexibility index (Phi) is 5.58. The van der Waals surface area contributed by atoms with Gasteiger partial charge in [-0.2, -0.15) is 10.4 Å². The summed E-state index contributed by atoms with van der Waals surface area (Å²) in [5.41, 5.74) is 1.58. The van der Waals surface area contributed by atoms with E-state index in [1.54, 1.807) is 45.6 Å². The normalized spacial score (nSPS) is 14.8. The monoisotopic (exact) mass is 496 g/mol. The molecule has 1 aliphatic heterocycles. The molecule has 4 aromatic rings. The highest BCUT2D eigenvalue weighted by atomic mass is 35.5. The summed E-state index contributed by atoms with van der Waals surface area (Å²) in [5.74, 6) is 0.202. The van der Waals surface area contributed by atoms with E-state index in [4.69, 9.17) is 23.2 Å². The van der Waals surface area contributed by atoms with Crippen molar-refractivity contribution in [3.8, 4) is 11.8 Å². The fourth-order valence-electron chi connectivity index (χ4n) is 3.68. The molecule has 1 amide bonds. The Labute approximate surface area is 201 Å². The molecule has 164 valence electrons. The molecule has 3 heterocycles. The second-order valence-electron chi connectivity index (χ2n) is 7.36. The van der Waals surface area contributed by atoms with Crippen molar-refractivity contribution in [3.05, 3.63) is 74.6 Å². The van der Waals surface area contributed by atoms with Crippen LogP contribution in [-0.4, -0.2) is 31.0 Å². The Balaban J connectivity index is 1.44. The lowest BCUT2D eigenvalue weighted by Gasteiger charge is -2.14. The summed E-state index contributed by atoms with van der Waals surface area (Å²) in [6, 6.07) is 13.4. The van der Waals surface area contributed by atoms with Crippen LogP contribution in [0.4, 0.5) is 5.69 Å². The van der Waals surface area contributed by atoms with Crippen LogP contribution in [0.5, 0.6) is 0 Å². The molecule has 11 heteroatoms. The number of carbonyl (C=O) groups is 1. The standard InChI is InChI=1S/C22H14Cl2N6O2S/c23-13-3-5-15(6-4-13)30-20-17(10-26-30)21(32)29-16(11-33-22(29)28-20)8-19(31)27-18-7-14(24)2-1-12(18)9-25/h1-7,10,16H,8,11H2,(H,27,31). The van der Waals surface area contributed by atoms with Crippen molar-refractivity contribution in [3.63, 3.8) is 0 Å². The molecule has 0 bridgehead atoms. The highest BCUT2D eigenvalue weighted by Crippen LogP contribution is 2.34. The van der Waals surface area contributed by atoms with Gasteiger partial charge in [-0.1, -0.05) is 35.0 Å². The lowest BCUT2D eigenvalue weighted by atomic mass is 10.1. The summed E-state index contributed by atoms with van der Waals surface area (Å²) < 4.78 is 3.14. The van der Waals surface area contributed by atoms with E-state index in [0.29, 0.717) is 43.2 Å². The van der Waals surface area contributed by atoms with Crippen molar-refractivity contribution in [2.24, 2.45) is 0 Å². The van der Waals surface area contributed by atoms with Crippen LogP contribution >= 0.6 is 35.0 Å². The van der Waals surface area contributed by atoms with E-state index in [1.807, 2.05) is 6.07 Å². The first-order chi connectivity index (χ1) is 15.9. The summed E-state index contributed by atoms with van der Waals surface area (Å²) in [7, 11) is 0. The number of hydrogen-bond donors (Lipinski definition) is 1. The molecule has 2 aromatic heterocycles. The van der Waals surface area contributed by atoms with Crippen LogP contribution in [0.15, 0.2) is 58.6 Å². The minimum absolute atomic E-state index is 0.0514. The maximum atomic E-state index is 13.3. The van der Waals surface area contributed by atoms with Crippen molar-refractivity contribution in [1.29, 1.82) is 5.26 Å². The van der Waals surface area contributed by atoms with Crippen molar-refractivity contribution < 1.29 is 4.79 Å². The lowest BCUT2D eigenvalue weighted by molar-refractivity contribution is -0.116. The number of benzene rings is 2. The zero-order valence-corrected chi connectivity index (χ0v) is 19.2. The number of thioether (sulfide) groups is 1. The van der Waals surface area contributed by atoms with Gasteiger partial charge in [0.25, 0.3) is 5.56 Å². The van der Waals surface area contributed by atoms with Gasteiger partial charge < -0.3 is 5.32 Å². The van der Waals surface area contributed by atoms with Gasteiger partial charge in [-0.05, 0) is 42.5 Å². The molecule has 1 unspecified atom stereocenters. The molecule has 0 aliphatic carbocycles. The SMILES string of the molecule is N#Cc1ccc(Cl)cc1NC(=O)CC1CSc2nc3c(cnn3-c3ccc(Cl)cc3)c(=O)n21.